The number of fused-ring (bicyclic) bond motifs is 1. The molecule has 0 fully saturated rings. The normalized spacial score (nSPS) is 11.9. The number of halogens is 1. The molecule has 0 N–H and O–H groups in total. The standard InChI is InChI=1S/C21H24ClN3O2/c1-4-25-19-16(14-23-25)13-18(22)24-17(19)11-8-12-27-21(2,3)20(26)15-9-6-5-7-10-15/h5-7,9-10,13-14H,4,8,11-12H2,1-3H3. The van der Waals surface area contributed by atoms with Crippen LogP contribution in [0.1, 0.15) is 43.2 Å². The first-order valence-electron chi connectivity index (χ1n) is 9.17. The molecule has 0 aliphatic heterocycles. The van der Waals surface area contributed by atoms with Crippen LogP contribution in [0.4, 0.5) is 0 Å². The first-order chi connectivity index (χ1) is 12.9. The van der Waals surface area contributed by atoms with Gasteiger partial charge in [-0.25, -0.2) is 4.98 Å². The van der Waals surface area contributed by atoms with Crippen LogP contribution < -0.4 is 0 Å². The van der Waals surface area contributed by atoms with Crippen LogP contribution in [0.15, 0.2) is 42.6 Å². The Bertz CT molecular complexity index is 935. The molecular weight excluding hydrogens is 362 g/mol. The number of hydrogen-bond acceptors (Lipinski definition) is 4. The summed E-state index contributed by atoms with van der Waals surface area (Å²) >= 11 is 6.15. The smallest absolute Gasteiger partial charge is 0.194 e. The highest BCUT2D eigenvalue weighted by atomic mass is 35.5. The molecule has 27 heavy (non-hydrogen) atoms. The molecule has 5 nitrogen and oxygen atoms in total. The first-order valence-corrected chi connectivity index (χ1v) is 9.55. The number of Topliss-reactive ketones (excluding diaryl/α,β-unsaturated/α-hetero) is 1. The molecule has 0 spiro atoms. The fourth-order valence-corrected chi connectivity index (χ4v) is 3.37. The van der Waals surface area contributed by atoms with E-state index in [4.69, 9.17) is 16.3 Å². The Morgan fingerprint density at radius 2 is 2.00 bits per heavy atom. The molecule has 3 aromatic rings. The lowest BCUT2D eigenvalue weighted by Gasteiger charge is -2.24. The predicted molar refractivity (Wildman–Crippen MR) is 107 cm³/mol. The number of aromatic nitrogens is 3. The van der Waals surface area contributed by atoms with E-state index in [1.165, 1.54) is 0 Å². The average molecular weight is 386 g/mol. The second kappa shape index (κ2) is 8.19. The van der Waals surface area contributed by atoms with Gasteiger partial charge in [0.15, 0.2) is 5.78 Å². The summed E-state index contributed by atoms with van der Waals surface area (Å²) in [6.07, 6.45) is 3.26. The highest BCUT2D eigenvalue weighted by Gasteiger charge is 2.29. The molecular formula is C21H24ClN3O2. The monoisotopic (exact) mass is 385 g/mol. The summed E-state index contributed by atoms with van der Waals surface area (Å²) in [6, 6.07) is 11.1. The summed E-state index contributed by atoms with van der Waals surface area (Å²) in [5, 5.41) is 5.84. The molecule has 2 heterocycles. The molecule has 0 unspecified atom stereocenters. The number of ether oxygens (including phenoxy) is 1. The van der Waals surface area contributed by atoms with E-state index in [2.05, 4.69) is 10.1 Å². The summed E-state index contributed by atoms with van der Waals surface area (Å²) < 4.78 is 7.84. The van der Waals surface area contributed by atoms with E-state index in [0.717, 1.165) is 29.6 Å². The van der Waals surface area contributed by atoms with Gasteiger partial charge < -0.3 is 4.74 Å². The number of pyridine rings is 1. The Morgan fingerprint density at radius 3 is 2.70 bits per heavy atom. The van der Waals surface area contributed by atoms with Gasteiger partial charge >= 0.3 is 0 Å². The zero-order chi connectivity index (χ0) is 19.4. The zero-order valence-electron chi connectivity index (χ0n) is 15.9. The van der Waals surface area contributed by atoms with Crippen LogP contribution in [0.5, 0.6) is 0 Å². The third-order valence-corrected chi connectivity index (χ3v) is 4.75. The van der Waals surface area contributed by atoms with Gasteiger partial charge in [-0.2, -0.15) is 5.10 Å². The quantitative estimate of drug-likeness (QED) is 0.320. The molecule has 0 amide bonds. The summed E-state index contributed by atoms with van der Waals surface area (Å²) in [5.41, 5.74) is 1.71. The van der Waals surface area contributed by atoms with E-state index in [1.54, 1.807) is 0 Å². The van der Waals surface area contributed by atoms with Gasteiger partial charge in [-0.15, -0.1) is 0 Å². The highest BCUT2D eigenvalue weighted by Crippen LogP contribution is 2.23. The van der Waals surface area contributed by atoms with Crippen LogP contribution in [0.25, 0.3) is 10.9 Å². The number of carbonyl (C=O) groups is 1. The van der Waals surface area contributed by atoms with Crippen LogP contribution in [0.3, 0.4) is 0 Å². The maximum absolute atomic E-state index is 12.6. The predicted octanol–water partition coefficient (Wildman–Crippen LogP) is 4.72. The van der Waals surface area contributed by atoms with Crippen LogP contribution in [0, 0.1) is 0 Å². The van der Waals surface area contributed by atoms with Crippen molar-refractivity contribution in [1.29, 1.82) is 0 Å². The molecule has 0 bridgehead atoms. The van der Waals surface area contributed by atoms with E-state index in [9.17, 15) is 4.79 Å². The van der Waals surface area contributed by atoms with Crippen molar-refractivity contribution >= 4 is 28.3 Å². The fourth-order valence-electron chi connectivity index (χ4n) is 3.15. The van der Waals surface area contributed by atoms with E-state index < -0.39 is 5.60 Å². The molecule has 2 aromatic heterocycles. The molecule has 6 heteroatoms. The van der Waals surface area contributed by atoms with Crippen LogP contribution in [-0.2, 0) is 17.7 Å². The first kappa shape index (κ1) is 19.5. The number of hydrogen-bond donors (Lipinski definition) is 0. The molecule has 3 rings (SSSR count). The molecule has 0 saturated carbocycles. The van der Waals surface area contributed by atoms with Crippen molar-refractivity contribution in [3.8, 4) is 0 Å². The maximum Gasteiger partial charge on any atom is 0.194 e. The number of aryl methyl sites for hydroxylation is 2. The molecule has 0 saturated heterocycles. The summed E-state index contributed by atoms with van der Waals surface area (Å²) in [4.78, 5) is 17.1. The molecule has 0 radical (unpaired) electrons. The van der Waals surface area contributed by atoms with Gasteiger partial charge in [0.1, 0.15) is 10.8 Å². The van der Waals surface area contributed by atoms with Gasteiger partial charge in [0.25, 0.3) is 0 Å². The average Bonchev–Trinajstić information content (AvgIpc) is 3.08. The Kier molecular flexibility index (Phi) is 5.92. The van der Waals surface area contributed by atoms with Crippen LogP contribution in [-0.4, -0.2) is 32.8 Å². The lowest BCUT2D eigenvalue weighted by Crippen LogP contribution is -2.35. The lowest BCUT2D eigenvalue weighted by molar-refractivity contribution is -0.00525. The van der Waals surface area contributed by atoms with Gasteiger partial charge in [-0.05, 0) is 39.7 Å². The van der Waals surface area contributed by atoms with Crippen molar-refractivity contribution in [2.75, 3.05) is 6.61 Å². The van der Waals surface area contributed by atoms with Gasteiger partial charge in [0.05, 0.1) is 17.4 Å². The van der Waals surface area contributed by atoms with Gasteiger partial charge in [-0.3, -0.25) is 9.48 Å². The topological polar surface area (TPSA) is 57.0 Å². The lowest BCUT2D eigenvalue weighted by atomic mass is 9.96. The Hall–Kier alpha value is -2.24. The Morgan fingerprint density at radius 1 is 1.26 bits per heavy atom. The Balaban J connectivity index is 1.64. The summed E-state index contributed by atoms with van der Waals surface area (Å²) in [6.45, 7) is 6.90. The van der Waals surface area contributed by atoms with Crippen molar-refractivity contribution in [1.82, 2.24) is 14.8 Å². The highest BCUT2D eigenvalue weighted by molar-refractivity contribution is 6.30. The number of nitrogens with zero attached hydrogens (tertiary/aromatic N) is 3. The molecule has 1 aromatic carbocycles. The van der Waals surface area contributed by atoms with Crippen LogP contribution >= 0.6 is 11.6 Å². The molecule has 0 atom stereocenters. The molecule has 0 aliphatic rings. The van der Waals surface area contributed by atoms with Crippen molar-refractivity contribution < 1.29 is 9.53 Å². The van der Waals surface area contributed by atoms with Crippen LogP contribution in [0.2, 0.25) is 5.15 Å². The maximum atomic E-state index is 12.6. The molecule has 0 aliphatic carbocycles. The van der Waals surface area contributed by atoms with Crippen molar-refractivity contribution in [3.05, 3.63) is 59.0 Å². The van der Waals surface area contributed by atoms with Gasteiger partial charge in [0.2, 0.25) is 0 Å². The minimum Gasteiger partial charge on any atom is -0.367 e. The number of rotatable bonds is 8. The van der Waals surface area contributed by atoms with Gasteiger partial charge in [-0.1, -0.05) is 41.9 Å². The zero-order valence-corrected chi connectivity index (χ0v) is 16.7. The van der Waals surface area contributed by atoms with E-state index in [1.807, 2.05) is 68.0 Å². The molecule has 142 valence electrons. The Labute approximate surface area is 164 Å². The summed E-state index contributed by atoms with van der Waals surface area (Å²) in [7, 11) is 0. The third-order valence-electron chi connectivity index (χ3n) is 4.56. The second-order valence-corrected chi connectivity index (χ2v) is 7.33. The van der Waals surface area contributed by atoms with E-state index in [-0.39, 0.29) is 5.78 Å². The second-order valence-electron chi connectivity index (χ2n) is 6.95. The SMILES string of the molecule is CCn1ncc2cc(Cl)nc(CCCOC(C)(C)C(=O)c3ccccc3)c21. The largest absolute Gasteiger partial charge is 0.367 e. The minimum atomic E-state index is -0.871. The van der Waals surface area contributed by atoms with Crippen molar-refractivity contribution in [2.45, 2.75) is 45.8 Å². The van der Waals surface area contributed by atoms with E-state index in [0.29, 0.717) is 23.7 Å². The number of ketones is 1. The van der Waals surface area contributed by atoms with Crippen molar-refractivity contribution in [2.24, 2.45) is 0 Å². The third kappa shape index (κ3) is 4.37. The number of benzene rings is 1. The minimum absolute atomic E-state index is 0.0181. The number of carbonyl (C=O) groups excluding carboxylic acids is 1. The fraction of sp³-hybridized carbons (Fsp3) is 0.381. The van der Waals surface area contributed by atoms with E-state index >= 15 is 0 Å². The van der Waals surface area contributed by atoms with Crippen molar-refractivity contribution in [3.63, 3.8) is 0 Å². The van der Waals surface area contributed by atoms with Gasteiger partial charge in [0, 0.05) is 24.1 Å². The summed E-state index contributed by atoms with van der Waals surface area (Å²) in [5.74, 6) is -0.0181.